The van der Waals surface area contributed by atoms with Gasteiger partial charge in [-0.25, -0.2) is 9.97 Å². The van der Waals surface area contributed by atoms with Crippen molar-refractivity contribution in [2.45, 2.75) is 12.8 Å². The molecule has 0 saturated carbocycles. The Kier molecular flexibility index (Phi) is 6.68. The molecule has 1 aliphatic heterocycles. The summed E-state index contributed by atoms with van der Waals surface area (Å²) < 4.78 is 5.50. The summed E-state index contributed by atoms with van der Waals surface area (Å²) in [6.45, 7) is 0.904. The monoisotopic (exact) mass is 536 g/mol. The van der Waals surface area contributed by atoms with Crippen LogP contribution in [0.5, 0.6) is 5.75 Å². The number of likely N-dealkylation sites (tertiary alicyclic amines) is 1. The molecule has 39 heavy (non-hydrogen) atoms. The van der Waals surface area contributed by atoms with E-state index in [4.69, 9.17) is 4.74 Å². The Bertz CT molecular complexity index is 1670. The van der Waals surface area contributed by atoms with Gasteiger partial charge in [-0.15, -0.1) is 11.3 Å². The van der Waals surface area contributed by atoms with Crippen LogP contribution in [0.25, 0.3) is 27.9 Å². The Morgan fingerprint density at radius 3 is 2.51 bits per heavy atom. The van der Waals surface area contributed by atoms with E-state index in [9.17, 15) is 9.59 Å². The zero-order valence-corrected chi connectivity index (χ0v) is 21.9. The fraction of sp³-hybridized carbons (Fsp3) is 0.172. The second-order valence-corrected chi connectivity index (χ2v) is 9.92. The average Bonchev–Trinajstić information content (AvgIpc) is 3.69. The van der Waals surface area contributed by atoms with Crippen LogP contribution in [0.15, 0.2) is 78.5 Å². The lowest BCUT2D eigenvalue weighted by atomic mass is 9.93. The summed E-state index contributed by atoms with van der Waals surface area (Å²) in [5.74, 6) is -0.730. The number of nitrogens with one attached hydrogen (secondary N) is 1. The van der Waals surface area contributed by atoms with E-state index in [1.54, 1.807) is 41.0 Å². The number of H-pyrrole nitrogens is 1. The highest BCUT2D eigenvalue weighted by molar-refractivity contribution is 7.10. The Labute approximate surface area is 228 Å². The minimum atomic E-state index is -0.591. The third-order valence-corrected chi connectivity index (χ3v) is 7.65. The maximum Gasteiger partial charge on any atom is 0.295 e. The lowest BCUT2D eigenvalue weighted by Crippen LogP contribution is -2.40. The fourth-order valence-electron chi connectivity index (χ4n) is 4.99. The number of thiazole rings is 1. The first kappa shape index (κ1) is 24.6. The largest absolute Gasteiger partial charge is 0.494 e. The number of carbonyl (C=O) groups is 2. The van der Waals surface area contributed by atoms with Crippen molar-refractivity contribution in [2.24, 2.45) is 0 Å². The zero-order chi connectivity index (χ0) is 26.8. The minimum absolute atomic E-state index is 0.244. The summed E-state index contributed by atoms with van der Waals surface area (Å²) in [7, 11) is 1.51. The number of piperidine rings is 1. The number of fused-ring (bicyclic) bond motifs is 1. The topological polar surface area (TPSA) is 114 Å². The number of aromatic nitrogens is 5. The first-order valence-electron chi connectivity index (χ1n) is 12.5. The highest BCUT2D eigenvalue weighted by Crippen LogP contribution is 2.35. The molecule has 0 unspecified atom stereocenters. The molecular weight excluding hydrogens is 512 g/mol. The van der Waals surface area contributed by atoms with Crippen molar-refractivity contribution in [2.75, 3.05) is 20.2 Å². The number of ketones is 1. The number of benzene rings is 1. The van der Waals surface area contributed by atoms with Gasteiger partial charge in [0.25, 0.3) is 11.7 Å². The number of rotatable bonds is 6. The van der Waals surface area contributed by atoms with Crippen molar-refractivity contribution < 1.29 is 14.3 Å². The first-order chi connectivity index (χ1) is 19.2. The SMILES string of the molecule is COc1cnc(-c2cnccn2)c2[nH]cc(C(=O)C(=O)N3CCC(=C(c4ccccc4)c4nccs4)CC3)c12. The predicted molar refractivity (Wildman–Crippen MR) is 148 cm³/mol. The molecule has 0 aliphatic carbocycles. The van der Waals surface area contributed by atoms with E-state index >= 15 is 0 Å². The maximum absolute atomic E-state index is 13.5. The molecule has 194 valence electrons. The molecule has 0 bridgehead atoms. The van der Waals surface area contributed by atoms with Crippen LogP contribution in [0.4, 0.5) is 0 Å². The number of amides is 1. The summed E-state index contributed by atoms with van der Waals surface area (Å²) in [6.07, 6.45) is 11.0. The summed E-state index contributed by atoms with van der Waals surface area (Å²) in [6, 6.07) is 10.2. The molecule has 1 N–H and O–H groups in total. The molecule has 1 saturated heterocycles. The molecule has 1 aliphatic rings. The van der Waals surface area contributed by atoms with Crippen molar-refractivity contribution in [1.29, 1.82) is 0 Å². The number of carbonyl (C=O) groups excluding carboxylic acids is 2. The molecule has 1 amide bonds. The van der Waals surface area contributed by atoms with Gasteiger partial charge in [-0.05, 0) is 18.4 Å². The summed E-state index contributed by atoms with van der Waals surface area (Å²) in [4.78, 5) is 49.1. The highest BCUT2D eigenvalue weighted by atomic mass is 32.1. The van der Waals surface area contributed by atoms with Crippen molar-refractivity contribution in [3.8, 4) is 17.1 Å². The van der Waals surface area contributed by atoms with Crippen molar-refractivity contribution in [1.82, 2.24) is 29.8 Å². The molecule has 0 spiro atoms. The lowest BCUT2D eigenvalue weighted by molar-refractivity contribution is -0.126. The van der Waals surface area contributed by atoms with E-state index in [0.717, 1.165) is 16.1 Å². The van der Waals surface area contributed by atoms with E-state index in [-0.39, 0.29) is 5.56 Å². The van der Waals surface area contributed by atoms with Gasteiger partial charge in [-0.1, -0.05) is 35.9 Å². The van der Waals surface area contributed by atoms with Crippen molar-refractivity contribution in [3.05, 3.63) is 94.6 Å². The quantitative estimate of drug-likeness (QED) is 0.245. The third-order valence-electron chi connectivity index (χ3n) is 6.86. The van der Waals surface area contributed by atoms with E-state index in [1.807, 2.05) is 29.8 Å². The molecule has 10 heteroatoms. The second-order valence-electron chi connectivity index (χ2n) is 9.02. The van der Waals surface area contributed by atoms with Crippen molar-refractivity contribution >= 4 is 39.5 Å². The van der Waals surface area contributed by atoms with Gasteiger partial charge < -0.3 is 14.6 Å². The van der Waals surface area contributed by atoms with Crippen LogP contribution in [-0.2, 0) is 4.79 Å². The van der Waals surface area contributed by atoms with Gasteiger partial charge in [0.1, 0.15) is 22.1 Å². The molecule has 5 heterocycles. The van der Waals surface area contributed by atoms with Crippen LogP contribution < -0.4 is 4.74 Å². The van der Waals surface area contributed by atoms with Crippen LogP contribution in [0.3, 0.4) is 0 Å². The number of pyridine rings is 1. The Balaban J connectivity index is 1.28. The van der Waals surface area contributed by atoms with Crippen LogP contribution in [-0.4, -0.2) is 61.7 Å². The number of methoxy groups -OCH3 is 1. The summed E-state index contributed by atoms with van der Waals surface area (Å²) >= 11 is 1.60. The van der Waals surface area contributed by atoms with Gasteiger partial charge in [0, 0.05) is 48.8 Å². The van der Waals surface area contributed by atoms with Gasteiger partial charge in [-0.2, -0.15) is 0 Å². The second kappa shape index (κ2) is 10.6. The van der Waals surface area contributed by atoms with E-state index in [1.165, 1.54) is 18.9 Å². The molecular formula is C29H24N6O3S. The summed E-state index contributed by atoms with van der Waals surface area (Å²) in [5, 5.41) is 3.43. The smallest absolute Gasteiger partial charge is 0.295 e. The lowest BCUT2D eigenvalue weighted by Gasteiger charge is -2.29. The Morgan fingerprint density at radius 2 is 1.82 bits per heavy atom. The zero-order valence-electron chi connectivity index (χ0n) is 21.1. The number of ether oxygens (including phenoxy) is 1. The number of hydrogen-bond donors (Lipinski definition) is 1. The van der Waals surface area contributed by atoms with Crippen LogP contribution in [0.1, 0.15) is 33.8 Å². The van der Waals surface area contributed by atoms with E-state index < -0.39 is 11.7 Å². The Hall–Kier alpha value is -4.70. The number of Topliss-reactive ketones (excluding diaryl/α,β-unsaturated/α-hetero) is 1. The van der Waals surface area contributed by atoms with Crippen LogP contribution in [0.2, 0.25) is 0 Å². The molecule has 1 fully saturated rings. The molecule has 6 rings (SSSR count). The molecule has 0 radical (unpaired) electrons. The number of aromatic amines is 1. The van der Waals surface area contributed by atoms with Crippen LogP contribution >= 0.6 is 11.3 Å². The maximum atomic E-state index is 13.5. The van der Waals surface area contributed by atoms with Crippen LogP contribution in [0, 0.1) is 0 Å². The van der Waals surface area contributed by atoms with E-state index in [0.29, 0.717) is 54.0 Å². The predicted octanol–water partition coefficient (Wildman–Crippen LogP) is 4.79. The molecule has 5 aromatic rings. The summed E-state index contributed by atoms with van der Waals surface area (Å²) in [5.41, 5.74) is 5.34. The standard InChI is InChI=1S/C29H24N6O3S/c1-38-22-17-34-25(21-16-30-9-10-31-21)26-24(22)20(15-33-26)27(36)29(37)35-12-7-19(8-13-35)23(28-32-11-14-39-28)18-5-3-2-4-6-18/h2-6,9-11,14-17,33H,7-8,12-13H2,1H3. The Morgan fingerprint density at radius 1 is 1.00 bits per heavy atom. The average molecular weight is 537 g/mol. The van der Waals surface area contributed by atoms with Gasteiger partial charge >= 0.3 is 0 Å². The van der Waals surface area contributed by atoms with E-state index in [2.05, 4.69) is 37.1 Å². The third kappa shape index (κ3) is 4.59. The molecule has 0 atom stereocenters. The van der Waals surface area contributed by atoms with Gasteiger partial charge in [0.2, 0.25) is 0 Å². The van der Waals surface area contributed by atoms with Gasteiger partial charge in [0.15, 0.2) is 0 Å². The normalized spacial score (nSPS) is 13.5. The highest BCUT2D eigenvalue weighted by Gasteiger charge is 2.30. The van der Waals surface area contributed by atoms with Gasteiger partial charge in [0.05, 0.1) is 36.0 Å². The molecule has 9 nitrogen and oxygen atoms in total. The minimum Gasteiger partial charge on any atom is -0.494 e. The van der Waals surface area contributed by atoms with Crippen molar-refractivity contribution in [3.63, 3.8) is 0 Å². The number of nitrogens with zero attached hydrogens (tertiary/aromatic N) is 5. The van der Waals surface area contributed by atoms with Gasteiger partial charge in [-0.3, -0.25) is 19.6 Å². The molecule has 1 aromatic carbocycles. The number of hydrogen-bond acceptors (Lipinski definition) is 8. The first-order valence-corrected chi connectivity index (χ1v) is 13.3. The fourth-order valence-corrected chi connectivity index (χ4v) is 5.74. The molecule has 4 aromatic heterocycles.